The molecule has 1 aromatic heterocycles. The van der Waals surface area contributed by atoms with E-state index < -0.39 is 0 Å². The van der Waals surface area contributed by atoms with Crippen LogP contribution in [0.3, 0.4) is 0 Å². The summed E-state index contributed by atoms with van der Waals surface area (Å²) in [6.45, 7) is 4.75. The van der Waals surface area contributed by atoms with Gasteiger partial charge in [-0.05, 0) is 127 Å². The molecule has 13 rings (SSSR count). The molecule has 0 saturated carbocycles. The van der Waals surface area contributed by atoms with Crippen molar-refractivity contribution in [3.8, 4) is 72.4 Å². The van der Waals surface area contributed by atoms with E-state index in [0.29, 0.717) is 0 Å². The molecule has 0 N–H and O–H groups in total. The van der Waals surface area contributed by atoms with E-state index in [2.05, 4.69) is 290 Å². The van der Waals surface area contributed by atoms with Crippen molar-refractivity contribution in [3.63, 3.8) is 0 Å². The summed E-state index contributed by atoms with van der Waals surface area (Å²) >= 11 is 0. The van der Waals surface area contributed by atoms with Crippen molar-refractivity contribution in [1.82, 2.24) is 4.57 Å². The number of hydrogen-bond acceptors (Lipinski definition) is 1. The Bertz CT molecular complexity index is 3900. The second kappa shape index (κ2) is 17.2. The average Bonchev–Trinajstić information content (AvgIpc) is 3.90. The van der Waals surface area contributed by atoms with Crippen LogP contribution in [-0.2, 0) is 5.41 Å². The standard InChI is InChI=1S/C69H50N2/c1-69(2)63-26-14-12-23-58(63)59-44-42-57(46-64(59)69)70(56-40-37-52(38-41-56)51-31-29-49(30-32-51)47-17-6-3-7-18-47)67-45-54(53-35-33-50(34-36-53)48-19-8-4-9-20-48)39-43-60(67)61-25-16-28-66-68(61)62-24-13-15-27-65(62)71(66)55-21-10-5-11-22-55/h3-46H,1-2H3. The fourth-order valence-electron chi connectivity index (χ4n) is 11.3. The van der Waals surface area contributed by atoms with E-state index in [4.69, 9.17) is 0 Å². The lowest BCUT2D eigenvalue weighted by Gasteiger charge is -2.30. The molecular formula is C69H50N2. The number of benzene rings is 11. The van der Waals surface area contributed by atoms with Gasteiger partial charge < -0.3 is 9.47 Å². The van der Waals surface area contributed by atoms with E-state index >= 15 is 0 Å². The summed E-state index contributed by atoms with van der Waals surface area (Å²) in [7, 11) is 0. The Hall–Kier alpha value is -8.98. The van der Waals surface area contributed by atoms with E-state index in [0.717, 1.165) is 39.4 Å². The minimum absolute atomic E-state index is 0.181. The van der Waals surface area contributed by atoms with Crippen LogP contribution in [0.4, 0.5) is 17.1 Å². The Labute approximate surface area is 416 Å². The molecule has 0 bridgehead atoms. The maximum absolute atomic E-state index is 2.51. The average molecular weight is 907 g/mol. The lowest BCUT2D eigenvalue weighted by atomic mass is 9.82. The molecule has 0 fully saturated rings. The van der Waals surface area contributed by atoms with Crippen LogP contribution in [0.5, 0.6) is 0 Å². The molecule has 1 heterocycles. The van der Waals surface area contributed by atoms with Crippen LogP contribution in [0.1, 0.15) is 25.0 Å². The van der Waals surface area contributed by atoms with Gasteiger partial charge in [0.25, 0.3) is 0 Å². The summed E-state index contributed by atoms with van der Waals surface area (Å²) in [5.41, 5.74) is 23.8. The number of aromatic nitrogens is 1. The maximum atomic E-state index is 2.51. The highest BCUT2D eigenvalue weighted by Crippen LogP contribution is 2.52. The summed E-state index contributed by atoms with van der Waals surface area (Å²) in [6, 6.07) is 98.0. The molecule has 1 aliphatic rings. The van der Waals surface area contributed by atoms with Gasteiger partial charge in [-0.2, -0.15) is 0 Å². The highest BCUT2D eigenvalue weighted by atomic mass is 15.1. The number of fused-ring (bicyclic) bond motifs is 6. The van der Waals surface area contributed by atoms with Gasteiger partial charge in [0.1, 0.15) is 0 Å². The number of para-hydroxylation sites is 2. The van der Waals surface area contributed by atoms with Gasteiger partial charge in [-0.1, -0.05) is 226 Å². The Morgan fingerprint density at radius 3 is 1.41 bits per heavy atom. The summed E-state index contributed by atoms with van der Waals surface area (Å²) in [5.74, 6) is 0. The lowest BCUT2D eigenvalue weighted by molar-refractivity contribution is 0.660. The molecule has 0 unspecified atom stereocenters. The topological polar surface area (TPSA) is 8.17 Å². The normalized spacial score (nSPS) is 12.5. The first-order chi connectivity index (χ1) is 35.0. The highest BCUT2D eigenvalue weighted by Gasteiger charge is 2.36. The van der Waals surface area contributed by atoms with Crippen molar-refractivity contribution in [1.29, 1.82) is 0 Å². The molecule has 0 atom stereocenters. The zero-order valence-electron chi connectivity index (χ0n) is 39.8. The number of anilines is 3. The van der Waals surface area contributed by atoms with Crippen LogP contribution in [0.2, 0.25) is 0 Å². The van der Waals surface area contributed by atoms with Gasteiger partial charge >= 0.3 is 0 Å². The summed E-state index contributed by atoms with van der Waals surface area (Å²) in [5, 5.41) is 2.45. The summed E-state index contributed by atoms with van der Waals surface area (Å²) in [4.78, 5) is 2.51. The summed E-state index contributed by atoms with van der Waals surface area (Å²) in [6.07, 6.45) is 0. The molecular weight excluding hydrogens is 857 g/mol. The van der Waals surface area contributed by atoms with Crippen LogP contribution in [0.15, 0.2) is 267 Å². The van der Waals surface area contributed by atoms with Crippen LogP contribution in [0.25, 0.3) is 94.3 Å². The first-order valence-corrected chi connectivity index (χ1v) is 24.7. The molecule has 1 aliphatic carbocycles. The van der Waals surface area contributed by atoms with Gasteiger partial charge in [-0.15, -0.1) is 0 Å². The molecule has 0 radical (unpaired) electrons. The zero-order valence-corrected chi connectivity index (χ0v) is 39.8. The molecule has 71 heavy (non-hydrogen) atoms. The highest BCUT2D eigenvalue weighted by molar-refractivity contribution is 6.17. The maximum Gasteiger partial charge on any atom is 0.0547 e. The largest absolute Gasteiger partial charge is 0.310 e. The first kappa shape index (κ1) is 42.1. The van der Waals surface area contributed by atoms with Gasteiger partial charge in [0.05, 0.1) is 16.7 Å². The second-order valence-electron chi connectivity index (χ2n) is 19.3. The van der Waals surface area contributed by atoms with Gasteiger partial charge in [-0.25, -0.2) is 0 Å². The van der Waals surface area contributed by atoms with E-state index in [-0.39, 0.29) is 5.41 Å². The smallest absolute Gasteiger partial charge is 0.0547 e. The van der Waals surface area contributed by atoms with Gasteiger partial charge in [-0.3, -0.25) is 0 Å². The second-order valence-corrected chi connectivity index (χ2v) is 19.3. The molecule has 2 heteroatoms. The molecule has 11 aromatic carbocycles. The third kappa shape index (κ3) is 7.27. The van der Waals surface area contributed by atoms with Crippen LogP contribution in [-0.4, -0.2) is 4.57 Å². The predicted molar refractivity (Wildman–Crippen MR) is 300 cm³/mol. The molecule has 12 aromatic rings. The van der Waals surface area contributed by atoms with Gasteiger partial charge in [0.15, 0.2) is 0 Å². The van der Waals surface area contributed by atoms with E-state index in [1.165, 1.54) is 83.0 Å². The van der Waals surface area contributed by atoms with E-state index in [1.807, 2.05) is 0 Å². The zero-order chi connectivity index (χ0) is 47.5. The minimum atomic E-state index is -0.181. The van der Waals surface area contributed by atoms with Crippen molar-refractivity contribution in [3.05, 3.63) is 278 Å². The number of nitrogens with zero attached hydrogens (tertiary/aromatic N) is 2. The molecule has 336 valence electrons. The van der Waals surface area contributed by atoms with Gasteiger partial charge in [0.2, 0.25) is 0 Å². The third-order valence-electron chi connectivity index (χ3n) is 14.8. The van der Waals surface area contributed by atoms with Crippen LogP contribution < -0.4 is 4.90 Å². The fourth-order valence-corrected chi connectivity index (χ4v) is 11.3. The van der Waals surface area contributed by atoms with Crippen molar-refractivity contribution < 1.29 is 0 Å². The minimum Gasteiger partial charge on any atom is -0.310 e. The molecule has 2 nitrogen and oxygen atoms in total. The molecule has 0 spiro atoms. The third-order valence-corrected chi connectivity index (χ3v) is 14.8. The van der Waals surface area contributed by atoms with E-state index in [9.17, 15) is 0 Å². The van der Waals surface area contributed by atoms with Crippen molar-refractivity contribution in [2.45, 2.75) is 19.3 Å². The Kier molecular flexibility index (Phi) is 10.2. The Balaban J connectivity index is 1.04. The first-order valence-electron chi connectivity index (χ1n) is 24.7. The monoisotopic (exact) mass is 906 g/mol. The van der Waals surface area contributed by atoms with Crippen molar-refractivity contribution >= 4 is 38.9 Å². The summed E-state index contributed by atoms with van der Waals surface area (Å²) < 4.78 is 2.42. The molecule has 0 aliphatic heterocycles. The van der Waals surface area contributed by atoms with Gasteiger partial charge in [0, 0.05) is 38.8 Å². The predicted octanol–water partition coefficient (Wildman–Crippen LogP) is 18.9. The molecule has 0 saturated heterocycles. The Morgan fingerprint density at radius 1 is 0.310 bits per heavy atom. The lowest BCUT2D eigenvalue weighted by Crippen LogP contribution is -2.17. The fraction of sp³-hybridized carbons (Fsp3) is 0.0435. The van der Waals surface area contributed by atoms with Crippen LogP contribution in [0, 0.1) is 0 Å². The van der Waals surface area contributed by atoms with Crippen molar-refractivity contribution in [2.75, 3.05) is 4.90 Å². The Morgan fingerprint density at radius 2 is 0.761 bits per heavy atom. The van der Waals surface area contributed by atoms with Crippen LogP contribution >= 0.6 is 0 Å². The quantitative estimate of drug-likeness (QED) is 0.140. The van der Waals surface area contributed by atoms with Crippen molar-refractivity contribution in [2.24, 2.45) is 0 Å². The molecule has 0 amide bonds. The number of rotatable bonds is 9. The number of hydrogen-bond donors (Lipinski definition) is 0. The SMILES string of the molecule is CC1(C)c2ccccc2-c2ccc(N(c3ccc(-c4ccc(-c5ccccc5)cc4)cc3)c3cc(-c4ccc(-c5ccccc5)cc4)ccc3-c3cccc4c3c3ccccc3n4-c3ccccc3)cc21. The van der Waals surface area contributed by atoms with E-state index in [1.54, 1.807) is 0 Å².